The van der Waals surface area contributed by atoms with Crippen molar-refractivity contribution in [3.8, 4) is 0 Å². The Kier molecular flexibility index (Phi) is 3.69. The van der Waals surface area contributed by atoms with Gasteiger partial charge in [0, 0.05) is 0 Å². The van der Waals surface area contributed by atoms with Gasteiger partial charge in [-0.15, -0.1) is 0 Å². The highest BCUT2D eigenvalue weighted by molar-refractivity contribution is 6.33. The normalized spacial score (nSPS) is 15.9. The van der Waals surface area contributed by atoms with Crippen LogP contribution in [0.4, 0.5) is 11.6 Å². The van der Waals surface area contributed by atoms with Gasteiger partial charge in [-0.25, -0.2) is 4.98 Å². The highest BCUT2D eigenvalue weighted by Gasteiger charge is 2.34. The second-order valence-corrected chi connectivity index (χ2v) is 6.44. The van der Waals surface area contributed by atoms with E-state index in [1.807, 2.05) is 37.3 Å². The molecular weight excluding hydrogens is 340 g/mol. The fraction of sp³-hybridized carbons (Fsp3) is 0.167. The number of para-hydroxylation sites is 2. The highest BCUT2D eigenvalue weighted by atomic mass is 35.5. The molecule has 1 aliphatic heterocycles. The molecule has 25 heavy (non-hydrogen) atoms. The summed E-state index contributed by atoms with van der Waals surface area (Å²) in [5.74, 6) is -0.0488. The van der Waals surface area contributed by atoms with E-state index in [2.05, 4.69) is 15.6 Å². The average Bonchev–Trinajstić information content (AvgIpc) is 3.06. The van der Waals surface area contributed by atoms with Gasteiger partial charge in [-0.05, 0) is 36.8 Å². The van der Waals surface area contributed by atoms with Crippen molar-refractivity contribution in [1.82, 2.24) is 9.55 Å². The van der Waals surface area contributed by atoms with Crippen molar-refractivity contribution in [2.75, 3.05) is 10.6 Å². The molecule has 1 atom stereocenters. The average molecular weight is 355 g/mol. The number of anilines is 2. The summed E-state index contributed by atoms with van der Waals surface area (Å²) in [6, 6.07) is 12.3. The molecule has 1 aliphatic rings. The number of amides is 2. The van der Waals surface area contributed by atoms with E-state index in [9.17, 15) is 9.59 Å². The predicted octanol–water partition coefficient (Wildman–Crippen LogP) is 3.52. The third kappa shape index (κ3) is 2.74. The number of nitrogens with one attached hydrogen (secondary N) is 2. The molecular formula is C18H15ClN4O2. The maximum absolute atomic E-state index is 12.4. The number of hydrogen-bond acceptors (Lipinski definition) is 3. The number of halogens is 1. The molecule has 6 nitrogen and oxygen atoms in total. The van der Waals surface area contributed by atoms with Gasteiger partial charge in [0.25, 0.3) is 0 Å². The molecule has 0 aliphatic carbocycles. The molecule has 1 aromatic heterocycles. The fourth-order valence-electron chi connectivity index (χ4n) is 3.04. The first-order chi connectivity index (χ1) is 12.0. The van der Waals surface area contributed by atoms with E-state index in [4.69, 9.17) is 11.6 Å². The molecule has 2 N–H and O–H groups in total. The van der Waals surface area contributed by atoms with Crippen molar-refractivity contribution in [1.29, 1.82) is 0 Å². The number of rotatable bonds is 3. The van der Waals surface area contributed by atoms with Gasteiger partial charge in [-0.3, -0.25) is 19.5 Å². The van der Waals surface area contributed by atoms with Crippen molar-refractivity contribution < 1.29 is 9.59 Å². The van der Waals surface area contributed by atoms with E-state index < -0.39 is 6.04 Å². The zero-order valence-corrected chi connectivity index (χ0v) is 14.2. The molecule has 7 heteroatoms. The number of nitrogens with zero attached hydrogens (tertiary/aromatic N) is 2. The predicted molar refractivity (Wildman–Crippen MR) is 96.8 cm³/mol. The molecule has 0 radical (unpaired) electrons. The van der Waals surface area contributed by atoms with Crippen LogP contribution < -0.4 is 10.6 Å². The van der Waals surface area contributed by atoms with E-state index >= 15 is 0 Å². The van der Waals surface area contributed by atoms with Gasteiger partial charge in [0.05, 0.1) is 28.2 Å². The summed E-state index contributed by atoms with van der Waals surface area (Å²) < 4.78 is 1.77. The summed E-state index contributed by atoms with van der Waals surface area (Å²) >= 11 is 6.15. The summed E-state index contributed by atoms with van der Waals surface area (Å²) in [7, 11) is 0. The molecule has 0 saturated heterocycles. The van der Waals surface area contributed by atoms with Gasteiger partial charge in [-0.1, -0.05) is 29.8 Å². The van der Waals surface area contributed by atoms with Crippen LogP contribution in [0.5, 0.6) is 0 Å². The Balaban J connectivity index is 1.59. The second-order valence-electron chi connectivity index (χ2n) is 6.03. The van der Waals surface area contributed by atoms with E-state index in [0.29, 0.717) is 16.7 Å². The topological polar surface area (TPSA) is 76.0 Å². The van der Waals surface area contributed by atoms with Gasteiger partial charge < -0.3 is 5.32 Å². The van der Waals surface area contributed by atoms with E-state index in [1.54, 1.807) is 16.7 Å². The standard InChI is InChI=1S/C18H15ClN4O2/c1-10-6-7-12(11(19)8-10)20-16(24)9-15-17(25)22-18-21-13-4-2-3-5-14(13)23(15)18/h2-8,15H,9H2,1H3,(H,20,24)(H,21,22,25)/t15-/m1/s1. The molecule has 0 saturated carbocycles. The number of hydrogen-bond donors (Lipinski definition) is 2. The van der Waals surface area contributed by atoms with Gasteiger partial charge in [0.15, 0.2) is 0 Å². The lowest BCUT2D eigenvalue weighted by atomic mass is 10.1. The van der Waals surface area contributed by atoms with Crippen molar-refractivity contribution in [2.24, 2.45) is 0 Å². The van der Waals surface area contributed by atoms with Crippen molar-refractivity contribution >= 4 is 46.1 Å². The molecule has 2 aromatic carbocycles. The van der Waals surface area contributed by atoms with Crippen LogP contribution in [0.15, 0.2) is 42.5 Å². The number of imidazole rings is 1. The lowest BCUT2D eigenvalue weighted by Crippen LogP contribution is -2.23. The molecule has 126 valence electrons. The minimum Gasteiger partial charge on any atom is -0.325 e. The molecule has 3 aromatic rings. The molecule has 0 unspecified atom stereocenters. The lowest BCUT2D eigenvalue weighted by Gasteiger charge is -2.13. The van der Waals surface area contributed by atoms with Crippen LogP contribution in [0.2, 0.25) is 5.02 Å². The van der Waals surface area contributed by atoms with Crippen LogP contribution >= 0.6 is 11.6 Å². The SMILES string of the molecule is Cc1ccc(NC(=O)C[C@@H]2C(=O)Nc3nc4ccccc4n32)c(Cl)c1. The van der Waals surface area contributed by atoms with Crippen molar-refractivity contribution in [3.63, 3.8) is 0 Å². The smallest absolute Gasteiger partial charge is 0.250 e. The maximum Gasteiger partial charge on any atom is 0.250 e. The van der Waals surface area contributed by atoms with Gasteiger partial charge in [0.1, 0.15) is 6.04 Å². The summed E-state index contributed by atoms with van der Waals surface area (Å²) in [6.07, 6.45) is 0.00337. The Morgan fingerprint density at radius 1 is 1.32 bits per heavy atom. The Hall–Kier alpha value is -2.86. The Morgan fingerprint density at radius 2 is 2.12 bits per heavy atom. The quantitative estimate of drug-likeness (QED) is 0.755. The summed E-state index contributed by atoms with van der Waals surface area (Å²) in [5, 5.41) is 5.97. The monoisotopic (exact) mass is 354 g/mol. The largest absolute Gasteiger partial charge is 0.325 e. The van der Waals surface area contributed by atoms with Crippen LogP contribution in [0.25, 0.3) is 11.0 Å². The lowest BCUT2D eigenvalue weighted by molar-refractivity contribution is -0.123. The summed E-state index contributed by atoms with van der Waals surface area (Å²) in [4.78, 5) is 29.1. The summed E-state index contributed by atoms with van der Waals surface area (Å²) in [6.45, 7) is 1.92. The zero-order valence-electron chi connectivity index (χ0n) is 13.4. The number of aromatic nitrogens is 2. The number of carbonyl (C=O) groups is 2. The Bertz CT molecular complexity index is 1010. The molecule has 0 fully saturated rings. The van der Waals surface area contributed by atoms with Gasteiger partial charge in [-0.2, -0.15) is 0 Å². The van der Waals surface area contributed by atoms with Crippen LogP contribution in [-0.4, -0.2) is 21.4 Å². The van der Waals surface area contributed by atoms with Crippen LogP contribution in [0.1, 0.15) is 18.0 Å². The number of fused-ring (bicyclic) bond motifs is 3. The van der Waals surface area contributed by atoms with Crippen LogP contribution in [0.3, 0.4) is 0 Å². The maximum atomic E-state index is 12.4. The minimum atomic E-state index is -0.633. The molecule has 4 rings (SSSR count). The van der Waals surface area contributed by atoms with Crippen molar-refractivity contribution in [2.45, 2.75) is 19.4 Å². The molecule has 2 amide bonds. The number of carbonyl (C=O) groups excluding carboxylic acids is 2. The first kappa shape index (κ1) is 15.7. The van der Waals surface area contributed by atoms with Crippen LogP contribution in [0, 0.1) is 6.92 Å². The molecule has 0 spiro atoms. The number of aryl methyl sites for hydroxylation is 1. The molecule has 0 bridgehead atoms. The summed E-state index contributed by atoms with van der Waals surface area (Å²) in [5.41, 5.74) is 3.14. The van der Waals surface area contributed by atoms with E-state index in [1.165, 1.54) is 0 Å². The third-order valence-corrected chi connectivity index (χ3v) is 4.54. The van der Waals surface area contributed by atoms with Crippen molar-refractivity contribution in [3.05, 3.63) is 53.1 Å². The highest BCUT2D eigenvalue weighted by Crippen LogP contribution is 2.32. The van der Waals surface area contributed by atoms with Gasteiger partial charge >= 0.3 is 0 Å². The second kappa shape index (κ2) is 5.89. The Labute approximate surface area is 148 Å². The third-order valence-electron chi connectivity index (χ3n) is 4.22. The first-order valence-corrected chi connectivity index (χ1v) is 8.24. The first-order valence-electron chi connectivity index (χ1n) is 7.87. The van der Waals surface area contributed by atoms with Gasteiger partial charge in [0.2, 0.25) is 17.8 Å². The van der Waals surface area contributed by atoms with Crippen LogP contribution in [-0.2, 0) is 9.59 Å². The van der Waals surface area contributed by atoms with E-state index in [-0.39, 0.29) is 18.2 Å². The zero-order chi connectivity index (χ0) is 17.6. The molecule has 2 heterocycles. The fourth-order valence-corrected chi connectivity index (χ4v) is 3.32. The number of benzene rings is 2. The van der Waals surface area contributed by atoms with E-state index in [0.717, 1.165) is 16.6 Å². The minimum absolute atomic E-state index is 0.00337. The Morgan fingerprint density at radius 3 is 2.92 bits per heavy atom.